The van der Waals surface area contributed by atoms with Crippen LogP contribution >= 0.6 is 0 Å². The minimum atomic E-state index is -0.374. The van der Waals surface area contributed by atoms with Crippen molar-refractivity contribution in [3.63, 3.8) is 0 Å². The predicted octanol–water partition coefficient (Wildman–Crippen LogP) is 5.77. The van der Waals surface area contributed by atoms with Gasteiger partial charge in [-0.1, -0.05) is 39.0 Å². The van der Waals surface area contributed by atoms with Gasteiger partial charge >= 0.3 is 5.97 Å². The lowest BCUT2D eigenvalue weighted by molar-refractivity contribution is -0.207. The number of esters is 1. The molecule has 6 nitrogen and oxygen atoms in total. The molecule has 0 radical (unpaired) electrons. The Bertz CT molecular complexity index is 1230. The molecule has 0 saturated heterocycles. The number of para-hydroxylation sites is 1. The molecular weight excluding hydrogens is 502 g/mol. The van der Waals surface area contributed by atoms with Crippen LogP contribution in [0.15, 0.2) is 36.5 Å². The van der Waals surface area contributed by atoms with Crippen LogP contribution in [0.5, 0.6) is 0 Å². The van der Waals surface area contributed by atoms with Crippen LogP contribution in [0.4, 0.5) is 0 Å². The van der Waals surface area contributed by atoms with Crippen molar-refractivity contribution in [1.82, 2.24) is 4.98 Å². The monoisotopic (exact) mass is 549 g/mol. The van der Waals surface area contributed by atoms with Gasteiger partial charge in [-0.05, 0) is 116 Å². The van der Waals surface area contributed by atoms with E-state index < -0.39 is 0 Å². The average Bonchev–Trinajstić information content (AvgIpc) is 3.30. The fraction of sp³-hybridized carbons (Fsp3) is 0.706. The highest BCUT2D eigenvalue weighted by atomic mass is 16.5. The van der Waals surface area contributed by atoms with Gasteiger partial charge < -0.3 is 20.1 Å². The van der Waals surface area contributed by atoms with Crippen LogP contribution in [0.1, 0.15) is 88.9 Å². The van der Waals surface area contributed by atoms with Crippen LogP contribution in [-0.4, -0.2) is 51.2 Å². The van der Waals surface area contributed by atoms with E-state index in [9.17, 15) is 20.1 Å². The van der Waals surface area contributed by atoms with Gasteiger partial charge in [-0.3, -0.25) is 4.98 Å². The summed E-state index contributed by atoms with van der Waals surface area (Å²) in [7, 11) is 0. The second-order valence-corrected chi connectivity index (χ2v) is 14.2. The first-order valence-corrected chi connectivity index (χ1v) is 15.7. The van der Waals surface area contributed by atoms with Crippen molar-refractivity contribution >= 4 is 16.9 Å². The van der Waals surface area contributed by atoms with Gasteiger partial charge in [0.1, 0.15) is 0 Å². The normalized spacial score (nSPS) is 41.5. The zero-order valence-corrected chi connectivity index (χ0v) is 24.3. The highest BCUT2D eigenvalue weighted by Crippen LogP contribution is 2.68. The number of aliphatic hydroxyl groups is 3. The van der Waals surface area contributed by atoms with Crippen molar-refractivity contribution in [2.24, 2.45) is 46.3 Å². The molecule has 6 unspecified atom stereocenters. The number of rotatable bonds is 6. The number of fused-ring (bicyclic) bond motifs is 6. The quantitative estimate of drug-likeness (QED) is 0.313. The van der Waals surface area contributed by atoms with E-state index in [0.29, 0.717) is 41.8 Å². The molecule has 0 bridgehead atoms. The van der Waals surface area contributed by atoms with Gasteiger partial charge in [-0.2, -0.15) is 0 Å². The standard InChI is InChI=1S/C34H47NO5/c1-20(7-6-14-40-32(39)22-15-21-8-4-5-9-28(21)35-19-22)25-10-11-26-31-27(18-30(38)34(25,26)3)33(2)13-12-24(36)16-23(33)17-29(31)37/h4-5,8-9,15,19-20,23-27,29-31,36-38H,6-7,10-14,16-18H2,1-3H3/t20?,23?,24-,25-,26?,27?,29?,30+,31?,33+,34-/m1/s1. The highest BCUT2D eigenvalue weighted by Gasteiger charge is 2.65. The van der Waals surface area contributed by atoms with E-state index >= 15 is 0 Å². The van der Waals surface area contributed by atoms with E-state index in [1.165, 1.54) is 0 Å². The van der Waals surface area contributed by atoms with Crippen molar-refractivity contribution in [3.05, 3.63) is 42.1 Å². The summed E-state index contributed by atoms with van der Waals surface area (Å²) in [6, 6.07) is 9.58. The van der Waals surface area contributed by atoms with Gasteiger partial charge in [0.05, 0.1) is 36.0 Å². The number of hydrogen-bond donors (Lipinski definition) is 3. The number of pyridine rings is 1. The molecular formula is C34H47NO5. The molecule has 2 aromatic rings. The maximum atomic E-state index is 12.6. The van der Waals surface area contributed by atoms with Gasteiger partial charge in [0.25, 0.3) is 0 Å². The Hall–Kier alpha value is -2.02. The number of benzene rings is 1. The summed E-state index contributed by atoms with van der Waals surface area (Å²) >= 11 is 0. The molecule has 1 heterocycles. The molecule has 0 spiro atoms. The molecule has 218 valence electrons. The Morgan fingerprint density at radius 1 is 1.07 bits per heavy atom. The molecule has 4 fully saturated rings. The third-order valence-electron chi connectivity index (χ3n) is 12.4. The van der Waals surface area contributed by atoms with Gasteiger partial charge in [0.15, 0.2) is 0 Å². The van der Waals surface area contributed by atoms with Crippen LogP contribution in [0, 0.1) is 46.3 Å². The maximum absolute atomic E-state index is 12.6. The van der Waals surface area contributed by atoms with Crippen LogP contribution in [0.25, 0.3) is 10.9 Å². The van der Waals surface area contributed by atoms with E-state index in [-0.39, 0.29) is 41.0 Å². The molecule has 0 aliphatic heterocycles. The lowest BCUT2D eigenvalue weighted by atomic mass is 9.43. The molecule has 6 heteroatoms. The Morgan fingerprint density at radius 2 is 1.88 bits per heavy atom. The molecule has 40 heavy (non-hydrogen) atoms. The Labute approximate surface area is 238 Å². The number of aromatic nitrogens is 1. The number of nitrogens with zero attached hydrogens (tertiary/aromatic N) is 1. The minimum Gasteiger partial charge on any atom is -0.462 e. The summed E-state index contributed by atoms with van der Waals surface area (Å²) in [5, 5.41) is 34.5. The van der Waals surface area contributed by atoms with Gasteiger partial charge in [0.2, 0.25) is 0 Å². The Kier molecular flexibility index (Phi) is 7.50. The summed E-state index contributed by atoms with van der Waals surface area (Å²) in [5.74, 6) is 1.68. The molecule has 1 aromatic carbocycles. The van der Waals surface area contributed by atoms with Crippen molar-refractivity contribution in [3.8, 4) is 0 Å². The largest absolute Gasteiger partial charge is 0.462 e. The van der Waals surface area contributed by atoms with Crippen LogP contribution in [0.2, 0.25) is 0 Å². The second kappa shape index (κ2) is 10.7. The first-order valence-electron chi connectivity index (χ1n) is 15.7. The van der Waals surface area contributed by atoms with Gasteiger partial charge in [-0.15, -0.1) is 0 Å². The Morgan fingerprint density at radius 3 is 2.70 bits per heavy atom. The molecule has 0 amide bonds. The number of carbonyl (C=O) groups excluding carboxylic acids is 1. The minimum absolute atomic E-state index is 0.0968. The third kappa shape index (κ3) is 4.59. The maximum Gasteiger partial charge on any atom is 0.339 e. The summed E-state index contributed by atoms with van der Waals surface area (Å²) in [6.45, 7) is 7.35. The molecule has 1 aromatic heterocycles. The van der Waals surface area contributed by atoms with Crippen molar-refractivity contribution in [1.29, 1.82) is 0 Å². The van der Waals surface area contributed by atoms with Crippen molar-refractivity contribution < 1.29 is 24.9 Å². The fourth-order valence-electron chi connectivity index (χ4n) is 10.2. The first kappa shape index (κ1) is 28.1. The summed E-state index contributed by atoms with van der Waals surface area (Å²) in [5.41, 5.74) is 1.23. The predicted molar refractivity (Wildman–Crippen MR) is 154 cm³/mol. The van der Waals surface area contributed by atoms with Gasteiger partial charge in [0, 0.05) is 11.6 Å². The Balaban J connectivity index is 1.08. The van der Waals surface area contributed by atoms with Crippen molar-refractivity contribution in [2.45, 2.75) is 96.9 Å². The van der Waals surface area contributed by atoms with Crippen LogP contribution in [0.3, 0.4) is 0 Å². The topological polar surface area (TPSA) is 99.9 Å². The van der Waals surface area contributed by atoms with Crippen molar-refractivity contribution in [2.75, 3.05) is 6.61 Å². The number of hydrogen-bond acceptors (Lipinski definition) is 6. The fourth-order valence-corrected chi connectivity index (χ4v) is 10.2. The SMILES string of the molecule is CC(CCCOC(=O)c1cnc2ccccc2c1)[C@H]1CCC2C3C(O)CC4C[C@H](O)CC[C@]4(C)C3C[C@H](O)[C@@]21C. The molecule has 4 aliphatic rings. The second-order valence-electron chi connectivity index (χ2n) is 14.2. The smallest absolute Gasteiger partial charge is 0.339 e. The summed E-state index contributed by atoms with van der Waals surface area (Å²) in [6.07, 6.45) is 8.67. The molecule has 11 atom stereocenters. The van der Waals surface area contributed by atoms with E-state index in [0.717, 1.165) is 68.7 Å². The molecule has 3 N–H and O–H groups in total. The lowest BCUT2D eigenvalue weighted by Crippen LogP contribution is -2.62. The number of aliphatic hydroxyl groups excluding tert-OH is 3. The van der Waals surface area contributed by atoms with E-state index in [4.69, 9.17) is 4.74 Å². The van der Waals surface area contributed by atoms with Crippen LogP contribution < -0.4 is 0 Å². The van der Waals surface area contributed by atoms with Gasteiger partial charge in [-0.25, -0.2) is 4.79 Å². The number of carbonyl (C=O) groups is 1. The highest BCUT2D eigenvalue weighted by molar-refractivity contribution is 5.93. The zero-order chi connectivity index (χ0) is 28.2. The first-order chi connectivity index (χ1) is 19.1. The summed E-state index contributed by atoms with van der Waals surface area (Å²) < 4.78 is 5.62. The molecule has 4 saturated carbocycles. The summed E-state index contributed by atoms with van der Waals surface area (Å²) in [4.78, 5) is 17.0. The lowest BCUT2D eigenvalue weighted by Gasteiger charge is -2.63. The van der Waals surface area contributed by atoms with E-state index in [1.807, 2.05) is 30.3 Å². The van der Waals surface area contributed by atoms with E-state index in [2.05, 4.69) is 25.8 Å². The average molecular weight is 550 g/mol. The number of ether oxygens (including phenoxy) is 1. The van der Waals surface area contributed by atoms with E-state index in [1.54, 1.807) is 6.20 Å². The van der Waals surface area contributed by atoms with Crippen LogP contribution in [-0.2, 0) is 4.74 Å². The molecule has 4 aliphatic carbocycles. The third-order valence-corrected chi connectivity index (χ3v) is 12.4. The molecule has 6 rings (SSSR count). The zero-order valence-electron chi connectivity index (χ0n) is 24.3.